The molecule has 2 heterocycles. The molecule has 146 valence electrons. The molecule has 0 radical (unpaired) electrons. The predicted molar refractivity (Wildman–Crippen MR) is 108 cm³/mol. The lowest BCUT2D eigenvalue weighted by atomic mass is 10.0. The summed E-state index contributed by atoms with van der Waals surface area (Å²) in [6.45, 7) is 4.15. The molecule has 0 spiro atoms. The van der Waals surface area contributed by atoms with Crippen molar-refractivity contribution < 1.29 is 14.0 Å². The smallest absolute Gasteiger partial charge is 0.312 e. The molecule has 2 aromatic heterocycles. The minimum Gasteiger partial charge on any atom is -0.458 e. The van der Waals surface area contributed by atoms with Gasteiger partial charge in [0.1, 0.15) is 11.5 Å². The standard InChI is InChI=1S/C20H22N4O3S/c1-12-3-5-14(6-4-12)16(24-20(21)26)9-19(25)22-10-15-7-8-18(27-15)17-11-28-13(2)23-17/h3-8,11,16H,9-10H2,1-2H3,(H,22,25)(H3,21,24,26). The number of nitrogens with two attached hydrogens (primary N) is 1. The third-order valence-electron chi connectivity index (χ3n) is 4.18. The normalized spacial score (nSPS) is 11.8. The van der Waals surface area contributed by atoms with Crippen molar-refractivity contribution in [2.75, 3.05) is 0 Å². The van der Waals surface area contributed by atoms with Crippen LogP contribution >= 0.6 is 11.3 Å². The quantitative estimate of drug-likeness (QED) is 0.566. The first-order valence-corrected chi connectivity index (χ1v) is 9.69. The van der Waals surface area contributed by atoms with E-state index < -0.39 is 12.1 Å². The number of hydrogen-bond donors (Lipinski definition) is 3. The van der Waals surface area contributed by atoms with Gasteiger partial charge in [-0.25, -0.2) is 9.78 Å². The van der Waals surface area contributed by atoms with Crippen LogP contribution in [0.25, 0.3) is 11.5 Å². The number of carbonyl (C=O) groups is 2. The van der Waals surface area contributed by atoms with Gasteiger partial charge in [0.25, 0.3) is 0 Å². The fraction of sp³-hybridized carbons (Fsp3) is 0.250. The van der Waals surface area contributed by atoms with E-state index >= 15 is 0 Å². The molecule has 0 aliphatic carbocycles. The summed E-state index contributed by atoms with van der Waals surface area (Å²) in [5.74, 6) is 1.08. The molecule has 0 saturated heterocycles. The molecular weight excluding hydrogens is 376 g/mol. The number of carbonyl (C=O) groups excluding carboxylic acids is 2. The number of benzene rings is 1. The third kappa shape index (κ3) is 5.20. The number of primary amides is 1. The maximum Gasteiger partial charge on any atom is 0.312 e. The molecule has 0 aliphatic heterocycles. The number of rotatable bonds is 7. The fourth-order valence-corrected chi connectivity index (χ4v) is 3.36. The van der Waals surface area contributed by atoms with Gasteiger partial charge in [-0.1, -0.05) is 29.8 Å². The second-order valence-electron chi connectivity index (χ2n) is 6.47. The van der Waals surface area contributed by atoms with Gasteiger partial charge in [-0.2, -0.15) is 0 Å². The number of thiazole rings is 1. The number of nitrogens with zero attached hydrogens (tertiary/aromatic N) is 1. The molecule has 0 aliphatic rings. The minimum absolute atomic E-state index is 0.0743. The van der Waals surface area contributed by atoms with E-state index in [9.17, 15) is 9.59 Å². The molecule has 0 saturated carbocycles. The maximum atomic E-state index is 12.4. The van der Waals surface area contributed by atoms with Crippen LogP contribution in [0.1, 0.15) is 34.4 Å². The summed E-state index contributed by atoms with van der Waals surface area (Å²) in [5, 5.41) is 8.32. The van der Waals surface area contributed by atoms with Gasteiger partial charge in [0.05, 0.1) is 24.0 Å². The van der Waals surface area contributed by atoms with E-state index in [4.69, 9.17) is 10.2 Å². The number of hydrogen-bond acceptors (Lipinski definition) is 5. The van der Waals surface area contributed by atoms with Gasteiger partial charge in [-0.3, -0.25) is 4.79 Å². The zero-order valence-corrected chi connectivity index (χ0v) is 16.5. The molecule has 1 unspecified atom stereocenters. The molecule has 8 heteroatoms. The van der Waals surface area contributed by atoms with Crippen LogP contribution in [-0.2, 0) is 11.3 Å². The first-order valence-electron chi connectivity index (χ1n) is 8.81. The number of urea groups is 1. The summed E-state index contributed by atoms with van der Waals surface area (Å²) >= 11 is 1.55. The Bertz CT molecular complexity index is 962. The van der Waals surface area contributed by atoms with Crippen LogP contribution in [0, 0.1) is 13.8 Å². The first kappa shape index (κ1) is 19.6. The lowest BCUT2D eigenvalue weighted by Crippen LogP contribution is -2.36. The summed E-state index contributed by atoms with van der Waals surface area (Å²) in [6.07, 6.45) is 0.0743. The van der Waals surface area contributed by atoms with E-state index in [2.05, 4.69) is 15.6 Å². The topological polar surface area (TPSA) is 110 Å². The van der Waals surface area contributed by atoms with Crippen LogP contribution in [0.2, 0.25) is 0 Å². The van der Waals surface area contributed by atoms with Crippen molar-refractivity contribution in [3.05, 3.63) is 63.7 Å². The molecule has 28 heavy (non-hydrogen) atoms. The second-order valence-corrected chi connectivity index (χ2v) is 7.53. The van der Waals surface area contributed by atoms with Crippen molar-refractivity contribution in [1.29, 1.82) is 0 Å². The lowest BCUT2D eigenvalue weighted by molar-refractivity contribution is -0.121. The Morgan fingerprint density at radius 1 is 1.18 bits per heavy atom. The van der Waals surface area contributed by atoms with E-state index in [0.29, 0.717) is 11.5 Å². The molecule has 1 aromatic carbocycles. The molecule has 1 atom stereocenters. The highest BCUT2D eigenvalue weighted by Gasteiger charge is 2.18. The monoisotopic (exact) mass is 398 g/mol. The van der Waals surface area contributed by atoms with E-state index in [1.54, 1.807) is 11.3 Å². The van der Waals surface area contributed by atoms with Gasteiger partial charge >= 0.3 is 6.03 Å². The summed E-state index contributed by atoms with van der Waals surface area (Å²) in [7, 11) is 0. The van der Waals surface area contributed by atoms with Crippen molar-refractivity contribution >= 4 is 23.3 Å². The molecule has 3 amide bonds. The Kier molecular flexibility index (Phi) is 6.10. The Balaban J connectivity index is 1.59. The summed E-state index contributed by atoms with van der Waals surface area (Å²) < 4.78 is 5.74. The average Bonchev–Trinajstić information content (AvgIpc) is 3.28. The molecule has 7 nitrogen and oxygen atoms in total. The van der Waals surface area contributed by atoms with Crippen molar-refractivity contribution in [3.63, 3.8) is 0 Å². The molecule has 0 fully saturated rings. The summed E-state index contributed by atoms with van der Waals surface area (Å²) in [4.78, 5) is 28.1. The molecule has 4 N–H and O–H groups in total. The zero-order valence-electron chi connectivity index (χ0n) is 15.7. The Morgan fingerprint density at radius 2 is 1.93 bits per heavy atom. The van der Waals surface area contributed by atoms with Crippen LogP contribution in [0.15, 0.2) is 46.2 Å². The highest BCUT2D eigenvalue weighted by Crippen LogP contribution is 2.24. The number of amides is 3. The van der Waals surface area contributed by atoms with Crippen molar-refractivity contribution in [1.82, 2.24) is 15.6 Å². The van der Waals surface area contributed by atoms with Crippen molar-refractivity contribution in [2.24, 2.45) is 5.73 Å². The summed E-state index contributed by atoms with van der Waals surface area (Å²) in [5.41, 5.74) is 7.95. The van der Waals surface area contributed by atoms with Crippen LogP contribution in [0.3, 0.4) is 0 Å². The zero-order chi connectivity index (χ0) is 20.1. The van der Waals surface area contributed by atoms with E-state index in [0.717, 1.165) is 21.8 Å². The van der Waals surface area contributed by atoms with Gasteiger partial charge in [0.15, 0.2) is 5.76 Å². The highest BCUT2D eigenvalue weighted by molar-refractivity contribution is 7.09. The average molecular weight is 398 g/mol. The van der Waals surface area contributed by atoms with Crippen LogP contribution in [0.5, 0.6) is 0 Å². The first-order chi connectivity index (χ1) is 13.4. The Morgan fingerprint density at radius 3 is 2.57 bits per heavy atom. The minimum atomic E-state index is -0.674. The van der Waals surface area contributed by atoms with Crippen molar-refractivity contribution in [2.45, 2.75) is 32.9 Å². The van der Waals surface area contributed by atoms with Crippen molar-refractivity contribution in [3.8, 4) is 11.5 Å². The van der Waals surface area contributed by atoms with Gasteiger partial charge < -0.3 is 20.8 Å². The van der Waals surface area contributed by atoms with Crippen LogP contribution < -0.4 is 16.4 Å². The van der Waals surface area contributed by atoms with Gasteiger partial charge in [-0.15, -0.1) is 11.3 Å². The maximum absolute atomic E-state index is 12.4. The Hall–Kier alpha value is -3.13. The number of aromatic nitrogens is 1. The highest BCUT2D eigenvalue weighted by atomic mass is 32.1. The van der Waals surface area contributed by atoms with Gasteiger partial charge in [-0.05, 0) is 31.5 Å². The molecule has 3 rings (SSSR count). The van der Waals surface area contributed by atoms with Crippen LogP contribution in [-0.4, -0.2) is 16.9 Å². The summed E-state index contributed by atoms with van der Waals surface area (Å²) in [6, 6.07) is 10.1. The largest absolute Gasteiger partial charge is 0.458 e. The Labute approximate surface area is 167 Å². The van der Waals surface area contributed by atoms with Gasteiger partial charge in [0, 0.05) is 5.38 Å². The number of aryl methyl sites for hydroxylation is 2. The van der Waals surface area contributed by atoms with E-state index in [1.165, 1.54) is 0 Å². The number of furan rings is 1. The predicted octanol–water partition coefficient (Wildman–Crippen LogP) is 3.44. The second kappa shape index (κ2) is 8.71. The SMILES string of the molecule is Cc1ccc(C(CC(=O)NCc2ccc(-c3csc(C)n3)o2)NC(N)=O)cc1. The third-order valence-corrected chi connectivity index (χ3v) is 4.95. The fourth-order valence-electron chi connectivity index (χ4n) is 2.75. The van der Waals surface area contributed by atoms with Crippen LogP contribution in [0.4, 0.5) is 4.79 Å². The van der Waals surface area contributed by atoms with E-state index in [1.807, 2.05) is 55.6 Å². The molecular formula is C20H22N4O3S. The van der Waals surface area contributed by atoms with Gasteiger partial charge in [0.2, 0.25) is 5.91 Å². The molecule has 3 aromatic rings. The lowest BCUT2D eigenvalue weighted by Gasteiger charge is -2.18. The molecule has 0 bridgehead atoms. The van der Waals surface area contributed by atoms with E-state index in [-0.39, 0.29) is 18.9 Å². The number of nitrogens with one attached hydrogen (secondary N) is 2.